The molecule has 0 aliphatic heterocycles. The van der Waals surface area contributed by atoms with Crippen molar-refractivity contribution in [2.75, 3.05) is 0 Å². The number of nitrogens with zero attached hydrogens (tertiary/aromatic N) is 4. The Morgan fingerprint density at radius 2 is 2.33 bits per heavy atom. The van der Waals surface area contributed by atoms with Gasteiger partial charge in [-0.05, 0) is 12.1 Å². The Kier molecular flexibility index (Phi) is 2.34. The number of carbonyl (C=O) groups is 1. The first-order valence-corrected chi connectivity index (χ1v) is 4.33. The van der Waals surface area contributed by atoms with Crippen molar-refractivity contribution in [1.29, 1.82) is 0 Å². The van der Waals surface area contributed by atoms with E-state index < -0.39 is 5.97 Å². The summed E-state index contributed by atoms with van der Waals surface area (Å²) in [5.41, 5.74) is 0.293. The predicted molar refractivity (Wildman–Crippen MR) is 51.1 cm³/mol. The fourth-order valence-electron chi connectivity index (χ4n) is 1.00. The zero-order chi connectivity index (χ0) is 10.8. The molecule has 0 aromatic carbocycles. The van der Waals surface area contributed by atoms with Crippen molar-refractivity contribution in [2.24, 2.45) is 0 Å². The van der Waals surface area contributed by atoms with Crippen molar-refractivity contribution in [3.05, 3.63) is 35.4 Å². The van der Waals surface area contributed by atoms with Crippen LogP contribution in [0.15, 0.2) is 24.5 Å². The van der Waals surface area contributed by atoms with Crippen molar-refractivity contribution in [2.45, 2.75) is 0 Å². The quantitative estimate of drug-likeness (QED) is 0.770. The van der Waals surface area contributed by atoms with Crippen LogP contribution in [-0.4, -0.2) is 31.1 Å². The van der Waals surface area contributed by atoms with Gasteiger partial charge >= 0.3 is 5.97 Å². The number of rotatable bonds is 2. The van der Waals surface area contributed by atoms with Crippen LogP contribution in [0.5, 0.6) is 0 Å². The SMILES string of the molecule is O=C(O)c1cnn(-c2cccnc2Cl)n1. The molecule has 6 nitrogen and oxygen atoms in total. The predicted octanol–water partition coefficient (Wildman–Crippen LogP) is 1.01. The number of aromatic nitrogens is 4. The van der Waals surface area contributed by atoms with Gasteiger partial charge in [0.15, 0.2) is 10.8 Å². The lowest BCUT2D eigenvalue weighted by Crippen LogP contribution is -2.03. The van der Waals surface area contributed by atoms with Gasteiger partial charge in [0.25, 0.3) is 0 Å². The van der Waals surface area contributed by atoms with Crippen LogP contribution in [0.4, 0.5) is 0 Å². The van der Waals surface area contributed by atoms with Crippen LogP contribution in [0.1, 0.15) is 10.5 Å². The number of carboxylic acid groups (broad SMARTS) is 1. The largest absolute Gasteiger partial charge is 0.476 e. The summed E-state index contributed by atoms with van der Waals surface area (Å²) in [7, 11) is 0. The summed E-state index contributed by atoms with van der Waals surface area (Å²) >= 11 is 5.79. The van der Waals surface area contributed by atoms with E-state index >= 15 is 0 Å². The number of pyridine rings is 1. The molecular weight excluding hydrogens is 220 g/mol. The van der Waals surface area contributed by atoms with Crippen LogP contribution in [0.3, 0.4) is 0 Å². The second kappa shape index (κ2) is 3.66. The van der Waals surface area contributed by atoms with Crippen molar-refractivity contribution in [3.8, 4) is 5.69 Å². The second-order valence-electron chi connectivity index (χ2n) is 2.64. The molecule has 0 aliphatic carbocycles. The molecule has 0 amide bonds. The summed E-state index contributed by atoms with van der Waals surface area (Å²) in [5.74, 6) is -1.14. The van der Waals surface area contributed by atoms with Crippen LogP contribution in [0.25, 0.3) is 5.69 Å². The third kappa shape index (κ3) is 1.79. The third-order valence-corrected chi connectivity index (χ3v) is 1.96. The average molecular weight is 225 g/mol. The molecule has 2 aromatic rings. The third-order valence-electron chi connectivity index (χ3n) is 1.67. The van der Waals surface area contributed by atoms with Gasteiger partial charge in [-0.15, -0.1) is 9.90 Å². The van der Waals surface area contributed by atoms with Crippen LogP contribution in [0, 0.1) is 0 Å². The monoisotopic (exact) mass is 224 g/mol. The van der Waals surface area contributed by atoms with Crippen LogP contribution in [-0.2, 0) is 0 Å². The van der Waals surface area contributed by atoms with Gasteiger partial charge in [0.05, 0.1) is 6.20 Å². The summed E-state index contributed by atoms with van der Waals surface area (Å²) in [6.45, 7) is 0. The zero-order valence-corrected chi connectivity index (χ0v) is 8.09. The molecule has 0 atom stereocenters. The minimum Gasteiger partial charge on any atom is -0.476 e. The van der Waals surface area contributed by atoms with Crippen molar-refractivity contribution >= 4 is 17.6 Å². The number of halogens is 1. The van der Waals surface area contributed by atoms with Crippen LogP contribution < -0.4 is 0 Å². The average Bonchev–Trinajstić information content (AvgIpc) is 2.67. The fraction of sp³-hybridized carbons (Fsp3) is 0. The van der Waals surface area contributed by atoms with Gasteiger partial charge in [0, 0.05) is 6.20 Å². The molecule has 76 valence electrons. The maximum Gasteiger partial charge on any atom is 0.358 e. The van der Waals surface area contributed by atoms with Gasteiger partial charge in [-0.1, -0.05) is 11.6 Å². The molecule has 2 rings (SSSR count). The molecule has 1 N–H and O–H groups in total. The van der Waals surface area contributed by atoms with E-state index in [-0.39, 0.29) is 10.8 Å². The second-order valence-corrected chi connectivity index (χ2v) is 3.00. The van der Waals surface area contributed by atoms with E-state index in [0.717, 1.165) is 11.0 Å². The Hall–Kier alpha value is -1.95. The summed E-state index contributed by atoms with van der Waals surface area (Å²) in [6, 6.07) is 3.30. The molecule has 0 aliphatic rings. The highest BCUT2D eigenvalue weighted by Gasteiger charge is 2.11. The van der Waals surface area contributed by atoms with E-state index in [1.54, 1.807) is 12.1 Å². The molecule has 0 saturated heterocycles. The number of aromatic carboxylic acids is 1. The minimum atomic E-state index is -1.14. The lowest BCUT2D eigenvalue weighted by molar-refractivity contribution is 0.0690. The Morgan fingerprint density at radius 3 is 2.93 bits per heavy atom. The summed E-state index contributed by atoms with van der Waals surface area (Å²) in [4.78, 5) is 15.5. The zero-order valence-electron chi connectivity index (χ0n) is 7.33. The lowest BCUT2D eigenvalue weighted by Gasteiger charge is -1.99. The van der Waals surface area contributed by atoms with Gasteiger partial charge < -0.3 is 5.11 Å². The van der Waals surface area contributed by atoms with Crippen molar-refractivity contribution in [3.63, 3.8) is 0 Å². The van der Waals surface area contributed by atoms with Crippen molar-refractivity contribution < 1.29 is 9.90 Å². The highest BCUT2D eigenvalue weighted by Crippen LogP contribution is 2.14. The molecule has 0 radical (unpaired) electrons. The molecule has 0 unspecified atom stereocenters. The van der Waals surface area contributed by atoms with Crippen LogP contribution >= 0.6 is 11.6 Å². The first kappa shape index (κ1) is 9.60. The maximum absolute atomic E-state index is 10.6. The molecule has 0 fully saturated rings. The van der Waals surface area contributed by atoms with Gasteiger partial charge in [-0.3, -0.25) is 0 Å². The minimum absolute atomic E-state index is 0.144. The number of hydrogen-bond acceptors (Lipinski definition) is 4. The molecule has 15 heavy (non-hydrogen) atoms. The Balaban J connectivity index is 2.46. The summed E-state index contributed by atoms with van der Waals surface area (Å²) < 4.78 is 0. The van der Waals surface area contributed by atoms with E-state index in [9.17, 15) is 4.79 Å². The fourth-order valence-corrected chi connectivity index (χ4v) is 1.20. The molecule has 7 heteroatoms. The van der Waals surface area contributed by atoms with E-state index in [0.29, 0.717) is 5.69 Å². The Labute approximate surface area is 89.1 Å². The molecule has 0 spiro atoms. The number of carboxylic acids is 1. The van der Waals surface area contributed by atoms with Gasteiger partial charge in [-0.25, -0.2) is 9.78 Å². The van der Waals surface area contributed by atoms with Crippen molar-refractivity contribution in [1.82, 2.24) is 20.0 Å². The Morgan fingerprint density at radius 1 is 1.53 bits per heavy atom. The van der Waals surface area contributed by atoms with Gasteiger partial charge in [0.1, 0.15) is 5.69 Å². The maximum atomic E-state index is 10.6. The summed E-state index contributed by atoms with van der Waals surface area (Å²) in [6.07, 6.45) is 2.67. The highest BCUT2D eigenvalue weighted by molar-refractivity contribution is 6.31. The highest BCUT2D eigenvalue weighted by atomic mass is 35.5. The van der Waals surface area contributed by atoms with Gasteiger partial charge in [0.2, 0.25) is 0 Å². The van der Waals surface area contributed by atoms with Crippen LogP contribution in [0.2, 0.25) is 5.15 Å². The van der Waals surface area contributed by atoms with E-state index in [1.165, 1.54) is 6.20 Å². The topological polar surface area (TPSA) is 80.9 Å². The van der Waals surface area contributed by atoms with E-state index in [2.05, 4.69) is 15.2 Å². The lowest BCUT2D eigenvalue weighted by atomic mass is 10.4. The molecule has 2 heterocycles. The molecule has 2 aromatic heterocycles. The standard InChI is InChI=1S/C8H5ClN4O2/c9-7-6(2-1-3-10-7)13-11-4-5(12-13)8(14)15/h1-4H,(H,14,15). The molecular formula is C8H5ClN4O2. The summed E-state index contributed by atoms with van der Waals surface area (Å²) in [5, 5.41) is 16.4. The molecule has 0 saturated carbocycles. The first-order valence-electron chi connectivity index (χ1n) is 3.95. The molecule has 0 bridgehead atoms. The normalized spacial score (nSPS) is 10.2. The number of hydrogen-bond donors (Lipinski definition) is 1. The Bertz CT molecular complexity index is 511. The van der Waals surface area contributed by atoms with Gasteiger partial charge in [-0.2, -0.15) is 5.10 Å². The first-order chi connectivity index (χ1) is 7.18. The smallest absolute Gasteiger partial charge is 0.358 e. The van der Waals surface area contributed by atoms with E-state index in [1.807, 2.05) is 0 Å². The van der Waals surface area contributed by atoms with E-state index in [4.69, 9.17) is 16.7 Å².